The molecule has 1 unspecified atom stereocenters. The molecule has 21 heavy (non-hydrogen) atoms. The molecule has 4 heteroatoms. The van der Waals surface area contributed by atoms with E-state index >= 15 is 0 Å². The molecule has 2 nitrogen and oxygen atoms in total. The molecule has 0 bridgehead atoms. The summed E-state index contributed by atoms with van der Waals surface area (Å²) in [4.78, 5) is 2.26. The van der Waals surface area contributed by atoms with E-state index in [2.05, 4.69) is 38.0 Å². The Morgan fingerprint density at radius 2 is 1.76 bits per heavy atom. The Morgan fingerprint density at radius 3 is 2.29 bits per heavy atom. The lowest BCUT2D eigenvalue weighted by atomic mass is 10.0. The average Bonchev–Trinajstić information content (AvgIpc) is 2.36. The van der Waals surface area contributed by atoms with Gasteiger partial charge in [0.1, 0.15) is 11.6 Å². The first-order valence-corrected chi connectivity index (χ1v) is 7.80. The summed E-state index contributed by atoms with van der Waals surface area (Å²) in [5, 5.41) is 3.39. The van der Waals surface area contributed by atoms with Gasteiger partial charge < -0.3 is 10.2 Å². The van der Waals surface area contributed by atoms with Gasteiger partial charge in [0, 0.05) is 18.7 Å². The first kappa shape index (κ1) is 18.1. The second-order valence-electron chi connectivity index (χ2n) is 6.15. The van der Waals surface area contributed by atoms with Crippen LogP contribution in [0.2, 0.25) is 0 Å². The van der Waals surface area contributed by atoms with Crippen molar-refractivity contribution in [1.29, 1.82) is 0 Å². The van der Waals surface area contributed by atoms with E-state index in [-0.39, 0.29) is 6.04 Å². The number of nitrogens with one attached hydrogen (secondary N) is 1. The Kier molecular flexibility index (Phi) is 7.83. The molecule has 0 aliphatic rings. The molecule has 0 aliphatic carbocycles. The highest BCUT2D eigenvalue weighted by Gasteiger charge is 2.14. The molecule has 0 saturated carbocycles. The standard InChI is InChI=1S/C17H28F2N2/c1-5-7-20-17(6-8-21(4)12-13(2)3)14-9-15(18)11-16(19)10-14/h9-11,13,17,20H,5-8,12H2,1-4H3. The van der Waals surface area contributed by atoms with Gasteiger partial charge in [-0.3, -0.25) is 0 Å². The lowest BCUT2D eigenvalue weighted by molar-refractivity contribution is 0.276. The molecule has 0 fully saturated rings. The van der Waals surface area contributed by atoms with Gasteiger partial charge in [-0.2, -0.15) is 0 Å². The van der Waals surface area contributed by atoms with Gasteiger partial charge in [-0.1, -0.05) is 20.8 Å². The summed E-state index contributed by atoms with van der Waals surface area (Å²) >= 11 is 0. The van der Waals surface area contributed by atoms with Crippen LogP contribution in [0.15, 0.2) is 18.2 Å². The van der Waals surface area contributed by atoms with Crippen LogP contribution >= 0.6 is 0 Å². The van der Waals surface area contributed by atoms with E-state index in [0.29, 0.717) is 11.5 Å². The third kappa shape index (κ3) is 7.00. The summed E-state index contributed by atoms with van der Waals surface area (Å²) in [6.45, 7) is 9.23. The van der Waals surface area contributed by atoms with Gasteiger partial charge in [0.15, 0.2) is 0 Å². The van der Waals surface area contributed by atoms with Crippen molar-refractivity contribution in [2.75, 3.05) is 26.7 Å². The third-order valence-corrected chi connectivity index (χ3v) is 3.40. The number of hydrogen-bond acceptors (Lipinski definition) is 2. The molecular weight excluding hydrogens is 270 g/mol. The number of hydrogen-bond donors (Lipinski definition) is 1. The van der Waals surface area contributed by atoms with E-state index in [4.69, 9.17) is 0 Å². The Labute approximate surface area is 127 Å². The summed E-state index contributed by atoms with van der Waals surface area (Å²) in [6.07, 6.45) is 1.84. The van der Waals surface area contributed by atoms with Crippen LogP contribution < -0.4 is 5.32 Å². The summed E-state index contributed by atoms with van der Waals surface area (Å²) in [6, 6.07) is 3.77. The number of nitrogens with zero attached hydrogens (tertiary/aromatic N) is 1. The minimum absolute atomic E-state index is 0.00948. The molecule has 0 saturated heterocycles. The predicted molar refractivity (Wildman–Crippen MR) is 84.3 cm³/mol. The van der Waals surface area contributed by atoms with E-state index in [1.807, 2.05) is 0 Å². The molecule has 1 aromatic carbocycles. The van der Waals surface area contributed by atoms with Crippen molar-refractivity contribution < 1.29 is 8.78 Å². The number of benzene rings is 1. The first-order chi connectivity index (χ1) is 9.92. The maximum Gasteiger partial charge on any atom is 0.126 e. The fourth-order valence-corrected chi connectivity index (χ4v) is 2.55. The zero-order chi connectivity index (χ0) is 15.8. The Balaban J connectivity index is 2.70. The smallest absolute Gasteiger partial charge is 0.126 e. The van der Waals surface area contributed by atoms with Crippen LogP contribution in [-0.4, -0.2) is 31.6 Å². The second-order valence-corrected chi connectivity index (χ2v) is 6.15. The molecule has 1 N–H and O–H groups in total. The predicted octanol–water partition coefficient (Wildman–Crippen LogP) is 3.98. The second kappa shape index (κ2) is 9.11. The fourth-order valence-electron chi connectivity index (χ4n) is 2.55. The normalized spacial score (nSPS) is 13.1. The lowest BCUT2D eigenvalue weighted by Crippen LogP contribution is -2.30. The minimum atomic E-state index is -0.510. The van der Waals surface area contributed by atoms with Crippen molar-refractivity contribution in [1.82, 2.24) is 10.2 Å². The lowest BCUT2D eigenvalue weighted by Gasteiger charge is -2.24. The van der Waals surface area contributed by atoms with Crippen LogP contribution in [0, 0.1) is 17.6 Å². The summed E-state index contributed by atoms with van der Waals surface area (Å²) in [5.41, 5.74) is 0.693. The molecule has 1 atom stereocenters. The zero-order valence-corrected chi connectivity index (χ0v) is 13.6. The van der Waals surface area contributed by atoms with Crippen LogP contribution in [0.1, 0.15) is 45.2 Å². The SMILES string of the molecule is CCCNC(CCN(C)CC(C)C)c1cc(F)cc(F)c1. The van der Waals surface area contributed by atoms with Gasteiger partial charge in [0.2, 0.25) is 0 Å². The van der Waals surface area contributed by atoms with Crippen molar-refractivity contribution in [3.63, 3.8) is 0 Å². The van der Waals surface area contributed by atoms with Crippen molar-refractivity contribution in [3.05, 3.63) is 35.4 Å². The van der Waals surface area contributed by atoms with Crippen LogP contribution in [0.3, 0.4) is 0 Å². The van der Waals surface area contributed by atoms with Crippen molar-refractivity contribution in [2.24, 2.45) is 5.92 Å². The average molecular weight is 298 g/mol. The van der Waals surface area contributed by atoms with Gasteiger partial charge in [-0.05, 0) is 56.6 Å². The molecule has 1 rings (SSSR count). The Bertz CT molecular complexity index is 401. The highest BCUT2D eigenvalue weighted by molar-refractivity contribution is 5.21. The van der Waals surface area contributed by atoms with Crippen molar-refractivity contribution >= 4 is 0 Å². The van der Waals surface area contributed by atoms with E-state index in [0.717, 1.165) is 38.5 Å². The number of halogens is 2. The topological polar surface area (TPSA) is 15.3 Å². The largest absolute Gasteiger partial charge is 0.310 e. The maximum absolute atomic E-state index is 13.4. The maximum atomic E-state index is 13.4. The summed E-state index contributed by atoms with van der Waals surface area (Å²) in [7, 11) is 2.09. The van der Waals surface area contributed by atoms with Crippen molar-refractivity contribution in [2.45, 2.75) is 39.7 Å². The Morgan fingerprint density at radius 1 is 1.14 bits per heavy atom. The Hall–Kier alpha value is -1.00. The van der Waals surface area contributed by atoms with E-state index in [1.165, 1.54) is 12.1 Å². The third-order valence-electron chi connectivity index (χ3n) is 3.40. The van der Waals surface area contributed by atoms with Gasteiger partial charge in [-0.25, -0.2) is 8.78 Å². The summed E-state index contributed by atoms with van der Waals surface area (Å²) < 4.78 is 26.8. The van der Waals surface area contributed by atoms with E-state index < -0.39 is 11.6 Å². The highest BCUT2D eigenvalue weighted by atomic mass is 19.1. The zero-order valence-electron chi connectivity index (χ0n) is 13.6. The molecular formula is C17H28F2N2. The van der Waals surface area contributed by atoms with Gasteiger partial charge >= 0.3 is 0 Å². The molecule has 0 heterocycles. The quantitative estimate of drug-likeness (QED) is 0.742. The molecule has 0 spiro atoms. The molecule has 0 radical (unpaired) electrons. The summed E-state index contributed by atoms with van der Waals surface area (Å²) in [5.74, 6) is -0.406. The van der Waals surface area contributed by atoms with Crippen LogP contribution in [0.5, 0.6) is 0 Å². The van der Waals surface area contributed by atoms with E-state index in [1.54, 1.807) is 0 Å². The fraction of sp³-hybridized carbons (Fsp3) is 0.647. The van der Waals surface area contributed by atoms with Crippen molar-refractivity contribution in [3.8, 4) is 0 Å². The minimum Gasteiger partial charge on any atom is -0.310 e. The molecule has 1 aromatic rings. The first-order valence-electron chi connectivity index (χ1n) is 7.80. The highest BCUT2D eigenvalue weighted by Crippen LogP contribution is 2.20. The van der Waals surface area contributed by atoms with Crippen LogP contribution in [0.25, 0.3) is 0 Å². The van der Waals surface area contributed by atoms with E-state index in [9.17, 15) is 8.78 Å². The molecule has 0 aliphatic heterocycles. The van der Waals surface area contributed by atoms with Crippen LogP contribution in [-0.2, 0) is 0 Å². The van der Waals surface area contributed by atoms with Gasteiger partial charge in [0.05, 0.1) is 0 Å². The molecule has 0 amide bonds. The molecule has 0 aromatic heterocycles. The monoisotopic (exact) mass is 298 g/mol. The van der Waals surface area contributed by atoms with Gasteiger partial charge in [-0.15, -0.1) is 0 Å². The van der Waals surface area contributed by atoms with Crippen LogP contribution in [0.4, 0.5) is 8.78 Å². The molecule has 120 valence electrons. The number of rotatable bonds is 9. The van der Waals surface area contributed by atoms with Gasteiger partial charge in [0.25, 0.3) is 0 Å².